The van der Waals surface area contributed by atoms with E-state index in [0.29, 0.717) is 18.0 Å². The number of methoxy groups -OCH3 is 1. The van der Waals surface area contributed by atoms with Crippen LogP contribution in [0.4, 0.5) is 11.4 Å². The fourth-order valence-corrected chi connectivity index (χ4v) is 3.09. The largest absolute Gasteiger partial charge is 0.497 e. The molecule has 0 saturated carbocycles. The van der Waals surface area contributed by atoms with Gasteiger partial charge < -0.3 is 15.0 Å². The first-order chi connectivity index (χ1) is 11.6. The van der Waals surface area contributed by atoms with Crippen LogP contribution in [0.2, 0.25) is 0 Å². The molecular formula is C18H17BrN2O3. The second-order valence-electron chi connectivity index (χ2n) is 5.58. The summed E-state index contributed by atoms with van der Waals surface area (Å²) in [6.07, 6.45) is 0.202. The number of para-hydroxylation sites is 1. The number of ether oxygens (including phenoxy) is 1. The van der Waals surface area contributed by atoms with E-state index in [-0.39, 0.29) is 24.2 Å². The van der Waals surface area contributed by atoms with Crippen molar-refractivity contribution in [3.63, 3.8) is 0 Å². The Balaban J connectivity index is 1.72. The van der Waals surface area contributed by atoms with E-state index in [2.05, 4.69) is 21.2 Å². The Kier molecular flexibility index (Phi) is 4.85. The molecule has 3 rings (SSSR count). The van der Waals surface area contributed by atoms with Crippen molar-refractivity contribution >= 4 is 39.1 Å². The highest BCUT2D eigenvalue weighted by atomic mass is 79.9. The van der Waals surface area contributed by atoms with Crippen molar-refractivity contribution in [1.82, 2.24) is 0 Å². The van der Waals surface area contributed by atoms with Gasteiger partial charge in [-0.2, -0.15) is 0 Å². The van der Waals surface area contributed by atoms with Crippen LogP contribution in [0.5, 0.6) is 5.75 Å². The third-order valence-electron chi connectivity index (χ3n) is 3.99. The van der Waals surface area contributed by atoms with Gasteiger partial charge in [-0.1, -0.05) is 18.2 Å². The molecule has 1 aliphatic rings. The van der Waals surface area contributed by atoms with E-state index in [1.54, 1.807) is 18.1 Å². The van der Waals surface area contributed by atoms with E-state index < -0.39 is 0 Å². The summed E-state index contributed by atoms with van der Waals surface area (Å²) in [6.45, 7) is 0.363. The van der Waals surface area contributed by atoms with Crippen LogP contribution in [0.25, 0.3) is 0 Å². The molecule has 24 heavy (non-hydrogen) atoms. The van der Waals surface area contributed by atoms with Crippen molar-refractivity contribution < 1.29 is 14.3 Å². The van der Waals surface area contributed by atoms with E-state index in [4.69, 9.17) is 4.74 Å². The maximum Gasteiger partial charge on any atom is 0.229 e. The molecule has 1 aliphatic heterocycles. The quantitative estimate of drug-likeness (QED) is 0.872. The SMILES string of the molecule is COc1cccc(N2C[C@@H](C(=O)Nc3ccccc3Br)CC2=O)c1. The summed E-state index contributed by atoms with van der Waals surface area (Å²) in [6, 6.07) is 14.7. The Labute approximate surface area is 148 Å². The first-order valence-corrected chi connectivity index (χ1v) is 8.37. The number of nitrogens with zero attached hydrogens (tertiary/aromatic N) is 1. The lowest BCUT2D eigenvalue weighted by Gasteiger charge is -2.17. The van der Waals surface area contributed by atoms with Gasteiger partial charge in [0.2, 0.25) is 11.8 Å². The molecule has 1 heterocycles. The van der Waals surface area contributed by atoms with Gasteiger partial charge in [-0.3, -0.25) is 9.59 Å². The van der Waals surface area contributed by atoms with Gasteiger partial charge in [0, 0.05) is 29.2 Å². The average Bonchev–Trinajstić information content (AvgIpc) is 2.99. The minimum absolute atomic E-state index is 0.0597. The first kappa shape index (κ1) is 16.5. The van der Waals surface area contributed by atoms with Crippen LogP contribution in [0.3, 0.4) is 0 Å². The summed E-state index contributed by atoms with van der Waals surface area (Å²) in [5.41, 5.74) is 1.45. The number of carbonyl (C=O) groups excluding carboxylic acids is 2. The summed E-state index contributed by atoms with van der Waals surface area (Å²) in [5, 5.41) is 2.88. The number of carbonyl (C=O) groups is 2. The summed E-state index contributed by atoms with van der Waals surface area (Å²) >= 11 is 3.40. The molecule has 2 amide bonds. The molecule has 0 aromatic heterocycles. The lowest BCUT2D eigenvalue weighted by Crippen LogP contribution is -2.28. The second kappa shape index (κ2) is 7.05. The highest BCUT2D eigenvalue weighted by Crippen LogP contribution is 2.29. The zero-order valence-electron chi connectivity index (χ0n) is 13.2. The van der Waals surface area contributed by atoms with E-state index in [0.717, 1.165) is 10.2 Å². The Morgan fingerprint density at radius 3 is 2.79 bits per heavy atom. The maximum absolute atomic E-state index is 12.5. The fourth-order valence-electron chi connectivity index (χ4n) is 2.71. The Morgan fingerprint density at radius 2 is 2.04 bits per heavy atom. The molecule has 6 heteroatoms. The smallest absolute Gasteiger partial charge is 0.229 e. The molecule has 124 valence electrons. The number of nitrogens with one attached hydrogen (secondary N) is 1. The molecule has 2 aromatic rings. The van der Waals surface area contributed by atoms with Crippen LogP contribution >= 0.6 is 15.9 Å². The highest BCUT2D eigenvalue weighted by Gasteiger charge is 2.35. The Bertz CT molecular complexity index is 778. The van der Waals surface area contributed by atoms with Crippen molar-refractivity contribution in [2.75, 3.05) is 23.9 Å². The lowest BCUT2D eigenvalue weighted by atomic mass is 10.1. The number of hydrogen-bond acceptors (Lipinski definition) is 3. The van der Waals surface area contributed by atoms with Gasteiger partial charge in [0.05, 0.1) is 18.7 Å². The molecular weight excluding hydrogens is 372 g/mol. The number of hydrogen-bond donors (Lipinski definition) is 1. The van der Waals surface area contributed by atoms with Crippen LogP contribution in [0.1, 0.15) is 6.42 Å². The zero-order valence-corrected chi connectivity index (χ0v) is 14.7. The fraction of sp³-hybridized carbons (Fsp3) is 0.222. The van der Waals surface area contributed by atoms with Crippen LogP contribution in [-0.2, 0) is 9.59 Å². The molecule has 2 aromatic carbocycles. The third-order valence-corrected chi connectivity index (χ3v) is 4.68. The minimum Gasteiger partial charge on any atom is -0.497 e. The molecule has 0 radical (unpaired) electrons. The summed E-state index contributed by atoms with van der Waals surface area (Å²) < 4.78 is 6.01. The van der Waals surface area contributed by atoms with Crippen molar-refractivity contribution in [3.05, 3.63) is 53.0 Å². The lowest BCUT2D eigenvalue weighted by molar-refractivity contribution is -0.122. The predicted molar refractivity (Wildman–Crippen MR) is 96.2 cm³/mol. The van der Waals surface area contributed by atoms with Gasteiger partial charge in [-0.25, -0.2) is 0 Å². The molecule has 0 aliphatic carbocycles. The molecule has 0 bridgehead atoms. The number of anilines is 2. The van der Waals surface area contributed by atoms with E-state index in [9.17, 15) is 9.59 Å². The number of halogens is 1. The molecule has 1 atom stereocenters. The van der Waals surface area contributed by atoms with Gasteiger partial charge >= 0.3 is 0 Å². The number of benzene rings is 2. The maximum atomic E-state index is 12.5. The second-order valence-corrected chi connectivity index (χ2v) is 6.43. The van der Waals surface area contributed by atoms with Gasteiger partial charge in [0.15, 0.2) is 0 Å². The van der Waals surface area contributed by atoms with Crippen molar-refractivity contribution in [1.29, 1.82) is 0 Å². The van der Waals surface area contributed by atoms with Crippen molar-refractivity contribution in [2.24, 2.45) is 5.92 Å². The van der Waals surface area contributed by atoms with Gasteiger partial charge in [-0.15, -0.1) is 0 Å². The first-order valence-electron chi connectivity index (χ1n) is 7.58. The number of amides is 2. The van der Waals surface area contributed by atoms with E-state index in [1.807, 2.05) is 42.5 Å². The molecule has 5 nitrogen and oxygen atoms in total. The van der Waals surface area contributed by atoms with Crippen LogP contribution in [0, 0.1) is 5.92 Å². The van der Waals surface area contributed by atoms with E-state index in [1.165, 1.54) is 0 Å². The summed E-state index contributed by atoms with van der Waals surface area (Å²) in [4.78, 5) is 26.4. The average molecular weight is 389 g/mol. The van der Waals surface area contributed by atoms with Crippen molar-refractivity contribution in [3.8, 4) is 5.75 Å². The molecule has 0 unspecified atom stereocenters. The monoisotopic (exact) mass is 388 g/mol. The van der Waals surface area contributed by atoms with Crippen LogP contribution in [0.15, 0.2) is 53.0 Å². The Morgan fingerprint density at radius 1 is 1.25 bits per heavy atom. The summed E-state index contributed by atoms with van der Waals surface area (Å²) in [5.74, 6) is 0.0911. The summed E-state index contributed by atoms with van der Waals surface area (Å²) in [7, 11) is 1.58. The predicted octanol–water partition coefficient (Wildman–Crippen LogP) is 3.45. The standard InChI is InChI=1S/C18H17BrN2O3/c1-24-14-6-4-5-13(10-14)21-11-12(9-17(21)22)18(23)20-16-8-3-2-7-15(16)19/h2-8,10,12H,9,11H2,1H3,(H,20,23)/t12-/m0/s1. The van der Waals surface area contributed by atoms with E-state index >= 15 is 0 Å². The van der Waals surface area contributed by atoms with Gasteiger partial charge in [0.1, 0.15) is 5.75 Å². The topological polar surface area (TPSA) is 58.6 Å². The molecule has 1 saturated heterocycles. The van der Waals surface area contributed by atoms with Gasteiger partial charge in [-0.05, 0) is 40.2 Å². The van der Waals surface area contributed by atoms with Crippen LogP contribution < -0.4 is 15.0 Å². The van der Waals surface area contributed by atoms with Gasteiger partial charge in [0.25, 0.3) is 0 Å². The Hall–Kier alpha value is -2.34. The number of rotatable bonds is 4. The van der Waals surface area contributed by atoms with Crippen molar-refractivity contribution in [2.45, 2.75) is 6.42 Å². The third kappa shape index (κ3) is 3.43. The molecule has 1 fully saturated rings. The normalized spacial score (nSPS) is 17.0. The molecule has 1 N–H and O–H groups in total. The molecule has 0 spiro atoms. The minimum atomic E-state index is -0.379. The zero-order chi connectivity index (χ0) is 17.1. The highest BCUT2D eigenvalue weighted by molar-refractivity contribution is 9.10. The van der Waals surface area contributed by atoms with Crippen LogP contribution in [-0.4, -0.2) is 25.5 Å².